The van der Waals surface area contributed by atoms with Gasteiger partial charge in [-0.15, -0.1) is 0 Å². The topological polar surface area (TPSA) is 55.4 Å². The van der Waals surface area contributed by atoms with E-state index in [9.17, 15) is 9.59 Å². The molecule has 0 aliphatic carbocycles. The predicted molar refractivity (Wildman–Crippen MR) is 102 cm³/mol. The summed E-state index contributed by atoms with van der Waals surface area (Å²) in [5, 5.41) is 2.59. The number of allylic oxidation sites excluding steroid dienone is 1. The van der Waals surface area contributed by atoms with Crippen LogP contribution < -0.4 is 5.32 Å². The highest BCUT2D eigenvalue weighted by Gasteiger charge is 2.25. The second-order valence-electron chi connectivity index (χ2n) is 8.05. The van der Waals surface area contributed by atoms with Crippen molar-refractivity contribution in [1.29, 1.82) is 0 Å². The molecule has 0 spiro atoms. The highest BCUT2D eigenvalue weighted by Crippen LogP contribution is 2.38. The number of carbonyl (C=O) groups excluding carboxylic acids is 2. The summed E-state index contributed by atoms with van der Waals surface area (Å²) >= 11 is 0. The van der Waals surface area contributed by atoms with Gasteiger partial charge in [0, 0.05) is 5.69 Å². The van der Waals surface area contributed by atoms with Gasteiger partial charge in [-0.1, -0.05) is 51.6 Å². The molecule has 0 unspecified atom stereocenters. The molecule has 0 saturated carbocycles. The van der Waals surface area contributed by atoms with Gasteiger partial charge in [-0.25, -0.2) is 0 Å². The molecule has 5 heteroatoms. The molecule has 25 heavy (non-hydrogen) atoms. The maximum absolute atomic E-state index is 12.1. The van der Waals surface area contributed by atoms with Crippen LogP contribution in [0.3, 0.4) is 0 Å². The fourth-order valence-electron chi connectivity index (χ4n) is 3.10. The highest BCUT2D eigenvalue weighted by molar-refractivity contribution is 6.14. The Kier molecular flexibility index (Phi) is 7.03. The Hall–Kier alpha value is -2.04. The summed E-state index contributed by atoms with van der Waals surface area (Å²) in [6.07, 6.45) is 1.82. The van der Waals surface area contributed by atoms with E-state index in [-0.39, 0.29) is 22.4 Å². The SMILES string of the molecule is [B]C(C)(C)CC(C)(C)Cc1ccc(NC(=O)C(C)=C(C)OC=O)cc1. The summed E-state index contributed by atoms with van der Waals surface area (Å²) in [5.74, 6) is -0.00687. The third-order valence-electron chi connectivity index (χ3n) is 3.92. The van der Waals surface area contributed by atoms with Crippen LogP contribution >= 0.6 is 0 Å². The summed E-state index contributed by atoms with van der Waals surface area (Å²) in [6.45, 7) is 12.0. The fourth-order valence-corrected chi connectivity index (χ4v) is 3.10. The van der Waals surface area contributed by atoms with Crippen LogP contribution in [0.15, 0.2) is 35.6 Å². The van der Waals surface area contributed by atoms with E-state index in [1.807, 2.05) is 38.1 Å². The van der Waals surface area contributed by atoms with E-state index < -0.39 is 0 Å². The number of hydrogen-bond donors (Lipinski definition) is 1. The van der Waals surface area contributed by atoms with Gasteiger partial charge >= 0.3 is 0 Å². The molecule has 1 N–H and O–H groups in total. The van der Waals surface area contributed by atoms with Gasteiger partial charge in [0.1, 0.15) is 5.76 Å². The van der Waals surface area contributed by atoms with Crippen molar-refractivity contribution in [3.63, 3.8) is 0 Å². The van der Waals surface area contributed by atoms with Crippen molar-refractivity contribution in [2.45, 2.75) is 59.7 Å². The molecule has 0 atom stereocenters. The van der Waals surface area contributed by atoms with E-state index in [0.717, 1.165) is 12.8 Å². The first-order valence-corrected chi connectivity index (χ1v) is 8.40. The monoisotopic (exact) mass is 341 g/mol. The molecule has 0 fully saturated rings. The zero-order valence-electron chi connectivity index (χ0n) is 16.1. The zero-order chi connectivity index (χ0) is 19.3. The minimum absolute atomic E-state index is 0.0889. The molecule has 1 amide bonds. The fraction of sp³-hybridized carbons (Fsp3) is 0.500. The first-order chi connectivity index (χ1) is 11.4. The van der Waals surface area contributed by atoms with Crippen LogP contribution in [0.25, 0.3) is 0 Å². The number of nitrogens with one attached hydrogen (secondary N) is 1. The van der Waals surface area contributed by atoms with Gasteiger partial charge in [0.05, 0.1) is 13.4 Å². The zero-order valence-corrected chi connectivity index (χ0v) is 16.1. The maximum atomic E-state index is 12.1. The summed E-state index contributed by atoms with van der Waals surface area (Å²) < 4.78 is 4.70. The normalized spacial score (nSPS) is 13.0. The van der Waals surface area contributed by atoms with Crippen molar-refractivity contribution in [3.8, 4) is 0 Å². The van der Waals surface area contributed by atoms with Crippen molar-refractivity contribution in [2.24, 2.45) is 5.41 Å². The Balaban J connectivity index is 2.75. The molecule has 0 aromatic heterocycles. The van der Waals surface area contributed by atoms with Crippen molar-refractivity contribution in [3.05, 3.63) is 41.2 Å². The third-order valence-corrected chi connectivity index (χ3v) is 3.92. The first kappa shape index (κ1) is 21.0. The molecular formula is C20H28BNO3. The Morgan fingerprint density at radius 1 is 1.16 bits per heavy atom. The largest absolute Gasteiger partial charge is 0.433 e. The molecule has 0 bridgehead atoms. The van der Waals surface area contributed by atoms with Crippen molar-refractivity contribution in [1.82, 2.24) is 0 Å². The van der Waals surface area contributed by atoms with Crippen LogP contribution in [0.4, 0.5) is 5.69 Å². The van der Waals surface area contributed by atoms with Crippen LogP contribution in [0.1, 0.15) is 53.5 Å². The summed E-state index contributed by atoms with van der Waals surface area (Å²) in [6, 6.07) is 7.77. The number of anilines is 1. The van der Waals surface area contributed by atoms with Crippen molar-refractivity contribution >= 4 is 25.9 Å². The van der Waals surface area contributed by atoms with Gasteiger partial charge in [0.25, 0.3) is 12.4 Å². The van der Waals surface area contributed by atoms with Crippen LogP contribution in [0, 0.1) is 5.41 Å². The van der Waals surface area contributed by atoms with Crippen LogP contribution in [-0.4, -0.2) is 20.2 Å². The van der Waals surface area contributed by atoms with Crippen molar-refractivity contribution in [2.75, 3.05) is 5.32 Å². The average molecular weight is 341 g/mol. The molecule has 134 valence electrons. The quantitative estimate of drug-likeness (QED) is 0.330. The number of carbonyl (C=O) groups is 2. The molecule has 1 aromatic carbocycles. The minimum atomic E-state index is -0.294. The smallest absolute Gasteiger partial charge is 0.298 e. The molecule has 0 aliphatic heterocycles. The second kappa shape index (κ2) is 8.37. The Morgan fingerprint density at radius 3 is 2.20 bits per heavy atom. The van der Waals surface area contributed by atoms with E-state index in [1.165, 1.54) is 5.56 Å². The number of rotatable bonds is 8. The molecular weight excluding hydrogens is 313 g/mol. The van der Waals surface area contributed by atoms with E-state index in [1.54, 1.807) is 13.8 Å². The van der Waals surface area contributed by atoms with Gasteiger partial charge in [-0.2, -0.15) is 0 Å². The lowest BCUT2D eigenvalue weighted by Gasteiger charge is -2.33. The predicted octanol–water partition coefficient (Wildman–Crippen LogP) is 4.42. The minimum Gasteiger partial charge on any atom is -0.433 e. The van der Waals surface area contributed by atoms with E-state index in [4.69, 9.17) is 12.6 Å². The molecule has 0 saturated heterocycles. The van der Waals surface area contributed by atoms with Crippen LogP contribution in [0.5, 0.6) is 0 Å². The van der Waals surface area contributed by atoms with E-state index >= 15 is 0 Å². The molecule has 0 aliphatic rings. The first-order valence-electron chi connectivity index (χ1n) is 8.40. The molecule has 4 nitrogen and oxygen atoms in total. The van der Waals surface area contributed by atoms with Crippen LogP contribution in [-0.2, 0) is 20.7 Å². The lowest BCUT2D eigenvalue weighted by atomic mass is 9.62. The van der Waals surface area contributed by atoms with Gasteiger partial charge in [-0.05, 0) is 43.4 Å². The maximum Gasteiger partial charge on any atom is 0.298 e. The Bertz CT molecular complexity index is 640. The lowest BCUT2D eigenvalue weighted by Crippen LogP contribution is -2.21. The molecule has 2 radical (unpaired) electrons. The lowest BCUT2D eigenvalue weighted by molar-refractivity contribution is -0.125. The number of hydrogen-bond acceptors (Lipinski definition) is 3. The summed E-state index contributed by atoms with van der Waals surface area (Å²) in [4.78, 5) is 22.5. The van der Waals surface area contributed by atoms with Gasteiger partial charge in [0.15, 0.2) is 0 Å². The van der Waals surface area contributed by atoms with Crippen molar-refractivity contribution < 1.29 is 14.3 Å². The molecule has 0 heterocycles. The third kappa shape index (κ3) is 7.59. The van der Waals surface area contributed by atoms with Crippen LogP contribution in [0.2, 0.25) is 5.31 Å². The Morgan fingerprint density at radius 2 is 1.72 bits per heavy atom. The summed E-state index contributed by atoms with van der Waals surface area (Å²) in [5.41, 5.74) is 2.34. The average Bonchev–Trinajstić information content (AvgIpc) is 2.45. The highest BCUT2D eigenvalue weighted by atomic mass is 16.5. The standard InChI is InChI=1S/C20H28BNO3/c1-14(15(2)25-13-23)18(24)22-17-9-7-16(8-10-17)11-19(3,4)12-20(5,6)21/h7-10,13H,11-12H2,1-6H3,(H,22,24). The molecule has 1 rings (SSSR count). The van der Waals surface area contributed by atoms with Gasteiger partial charge in [-0.3, -0.25) is 9.59 Å². The number of ether oxygens (including phenoxy) is 1. The molecule has 1 aromatic rings. The number of amides is 1. The second-order valence-corrected chi connectivity index (χ2v) is 8.05. The Labute approximate surface area is 152 Å². The van der Waals surface area contributed by atoms with Gasteiger partial charge in [0.2, 0.25) is 0 Å². The summed E-state index contributed by atoms with van der Waals surface area (Å²) in [7, 11) is 6.14. The van der Waals surface area contributed by atoms with E-state index in [2.05, 4.69) is 19.2 Å². The number of benzene rings is 1. The van der Waals surface area contributed by atoms with E-state index in [0.29, 0.717) is 17.7 Å². The van der Waals surface area contributed by atoms with Gasteiger partial charge < -0.3 is 10.1 Å².